The molecule has 0 aliphatic carbocycles. The molecule has 1 nitrogen and oxygen atoms in total. The van der Waals surface area contributed by atoms with Gasteiger partial charge in [-0.1, -0.05) is 20.8 Å². The Morgan fingerprint density at radius 3 is 1.83 bits per heavy atom. The molecule has 12 heavy (non-hydrogen) atoms. The van der Waals surface area contributed by atoms with Gasteiger partial charge in [0.2, 0.25) is 0 Å². The molecule has 1 heteroatoms. The van der Waals surface area contributed by atoms with Crippen molar-refractivity contribution < 1.29 is 0 Å². The highest BCUT2D eigenvalue weighted by molar-refractivity contribution is 5.06. The molecule has 70 valence electrons. The van der Waals surface area contributed by atoms with Crippen LogP contribution in [0.5, 0.6) is 0 Å². The van der Waals surface area contributed by atoms with Crippen LogP contribution in [0.4, 0.5) is 0 Å². The second-order valence-electron chi connectivity index (χ2n) is 5.48. The van der Waals surface area contributed by atoms with Gasteiger partial charge in [0.25, 0.3) is 0 Å². The summed E-state index contributed by atoms with van der Waals surface area (Å²) in [6.45, 7) is 9.96. The molecule has 0 saturated carbocycles. The Hall–Kier alpha value is -0.0400. The Bertz CT molecular complexity index is 168. The summed E-state index contributed by atoms with van der Waals surface area (Å²) >= 11 is 0. The average Bonchev–Trinajstić information content (AvgIpc) is 2.37. The summed E-state index contributed by atoms with van der Waals surface area (Å²) in [7, 11) is 0. The molecule has 0 aromatic rings. The number of hydrogen-bond acceptors (Lipinski definition) is 1. The van der Waals surface area contributed by atoms with Crippen molar-refractivity contribution in [2.75, 3.05) is 13.1 Å². The Labute approximate surface area is 76.1 Å². The predicted molar refractivity (Wildman–Crippen MR) is 52.2 cm³/mol. The lowest BCUT2D eigenvalue weighted by molar-refractivity contribution is 0.0642. The van der Waals surface area contributed by atoms with Crippen molar-refractivity contribution in [2.24, 2.45) is 5.41 Å². The molecule has 0 N–H and O–H groups in total. The number of hydrogen-bond donors (Lipinski definition) is 0. The van der Waals surface area contributed by atoms with Crippen LogP contribution in [0.2, 0.25) is 0 Å². The highest BCUT2D eigenvalue weighted by Crippen LogP contribution is 2.49. The van der Waals surface area contributed by atoms with Crippen LogP contribution in [0.3, 0.4) is 0 Å². The molecule has 0 spiro atoms. The maximum atomic E-state index is 2.74. The molecule has 2 saturated heterocycles. The summed E-state index contributed by atoms with van der Waals surface area (Å²) in [6.07, 6.45) is 5.74. The summed E-state index contributed by atoms with van der Waals surface area (Å²) in [5, 5.41) is 0. The van der Waals surface area contributed by atoms with Crippen LogP contribution in [0, 0.1) is 5.41 Å². The van der Waals surface area contributed by atoms with Gasteiger partial charge in [0.1, 0.15) is 0 Å². The Balaban J connectivity index is 2.28. The van der Waals surface area contributed by atoms with Crippen molar-refractivity contribution in [2.45, 2.75) is 52.0 Å². The van der Waals surface area contributed by atoms with Gasteiger partial charge >= 0.3 is 0 Å². The summed E-state index contributed by atoms with van der Waals surface area (Å²) < 4.78 is 0. The van der Waals surface area contributed by atoms with Crippen molar-refractivity contribution in [3.63, 3.8) is 0 Å². The van der Waals surface area contributed by atoms with Crippen LogP contribution in [0.25, 0.3) is 0 Å². The molecule has 0 radical (unpaired) electrons. The second kappa shape index (κ2) is 2.47. The van der Waals surface area contributed by atoms with E-state index in [1.54, 1.807) is 0 Å². The van der Waals surface area contributed by atoms with Crippen molar-refractivity contribution in [3.8, 4) is 0 Å². The van der Waals surface area contributed by atoms with Crippen molar-refractivity contribution in [1.82, 2.24) is 4.90 Å². The fourth-order valence-corrected chi connectivity index (χ4v) is 3.33. The van der Waals surface area contributed by atoms with Crippen LogP contribution in [0.1, 0.15) is 46.5 Å². The zero-order valence-electron chi connectivity index (χ0n) is 8.69. The second-order valence-corrected chi connectivity index (χ2v) is 5.48. The summed E-state index contributed by atoms with van der Waals surface area (Å²) in [4.78, 5) is 2.74. The largest absolute Gasteiger partial charge is 0.297 e. The highest BCUT2D eigenvalue weighted by Gasteiger charge is 2.51. The molecule has 0 aromatic heterocycles. The van der Waals surface area contributed by atoms with Gasteiger partial charge in [-0.15, -0.1) is 0 Å². The zero-order valence-corrected chi connectivity index (χ0v) is 8.69. The van der Waals surface area contributed by atoms with E-state index in [9.17, 15) is 0 Å². The fraction of sp³-hybridized carbons (Fsp3) is 1.00. The van der Waals surface area contributed by atoms with Gasteiger partial charge in [-0.25, -0.2) is 0 Å². The van der Waals surface area contributed by atoms with E-state index < -0.39 is 0 Å². The van der Waals surface area contributed by atoms with E-state index in [2.05, 4.69) is 25.7 Å². The SMILES string of the molecule is CC(C)(C)C12CCCN1CCC2. The molecular weight excluding hydrogens is 146 g/mol. The van der Waals surface area contributed by atoms with Gasteiger partial charge in [-0.05, 0) is 44.2 Å². The van der Waals surface area contributed by atoms with Crippen molar-refractivity contribution in [1.29, 1.82) is 0 Å². The number of fused-ring (bicyclic) bond motifs is 1. The standard InChI is InChI=1S/C11H21N/c1-10(2,3)11-6-4-8-12(11)9-5-7-11/h4-9H2,1-3H3. The Morgan fingerprint density at radius 2 is 1.50 bits per heavy atom. The molecular formula is C11H21N. The molecule has 2 rings (SSSR count). The first-order valence-electron chi connectivity index (χ1n) is 5.31. The van der Waals surface area contributed by atoms with Gasteiger partial charge in [0.15, 0.2) is 0 Å². The van der Waals surface area contributed by atoms with Crippen molar-refractivity contribution in [3.05, 3.63) is 0 Å². The average molecular weight is 167 g/mol. The minimum Gasteiger partial charge on any atom is -0.297 e. The van der Waals surface area contributed by atoms with E-state index in [1.165, 1.54) is 38.8 Å². The highest BCUT2D eigenvalue weighted by atomic mass is 15.2. The third kappa shape index (κ3) is 0.953. The molecule has 2 heterocycles. The van der Waals surface area contributed by atoms with E-state index in [0.29, 0.717) is 11.0 Å². The van der Waals surface area contributed by atoms with Crippen LogP contribution < -0.4 is 0 Å². The first kappa shape index (κ1) is 8.55. The summed E-state index contributed by atoms with van der Waals surface area (Å²) in [5.41, 5.74) is 1.06. The molecule has 0 aromatic carbocycles. The Kier molecular flexibility index (Phi) is 1.76. The van der Waals surface area contributed by atoms with Crippen LogP contribution >= 0.6 is 0 Å². The molecule has 0 unspecified atom stereocenters. The maximum absolute atomic E-state index is 2.74. The van der Waals surface area contributed by atoms with Crippen LogP contribution in [0.15, 0.2) is 0 Å². The quantitative estimate of drug-likeness (QED) is 0.536. The minimum atomic E-state index is 0.486. The fourth-order valence-electron chi connectivity index (χ4n) is 3.33. The first-order valence-corrected chi connectivity index (χ1v) is 5.31. The van der Waals surface area contributed by atoms with Gasteiger partial charge in [-0.3, -0.25) is 4.90 Å². The van der Waals surface area contributed by atoms with E-state index in [1.807, 2.05) is 0 Å². The molecule has 2 aliphatic heterocycles. The lowest BCUT2D eigenvalue weighted by atomic mass is 9.71. The molecule has 0 amide bonds. The van der Waals surface area contributed by atoms with Gasteiger partial charge in [-0.2, -0.15) is 0 Å². The third-order valence-electron chi connectivity index (χ3n) is 4.04. The monoisotopic (exact) mass is 167 g/mol. The van der Waals surface area contributed by atoms with Gasteiger partial charge in [0, 0.05) is 5.54 Å². The molecule has 2 aliphatic rings. The van der Waals surface area contributed by atoms with Gasteiger partial charge in [0.05, 0.1) is 0 Å². The summed E-state index contributed by atoms with van der Waals surface area (Å²) in [5.74, 6) is 0. The van der Waals surface area contributed by atoms with Gasteiger partial charge < -0.3 is 0 Å². The van der Waals surface area contributed by atoms with Crippen LogP contribution in [-0.4, -0.2) is 23.5 Å². The first-order chi connectivity index (χ1) is 5.56. The molecule has 0 bridgehead atoms. The van der Waals surface area contributed by atoms with E-state index in [4.69, 9.17) is 0 Å². The third-order valence-corrected chi connectivity index (χ3v) is 4.04. The van der Waals surface area contributed by atoms with E-state index in [-0.39, 0.29) is 0 Å². The van der Waals surface area contributed by atoms with Crippen molar-refractivity contribution >= 4 is 0 Å². The topological polar surface area (TPSA) is 3.24 Å². The van der Waals surface area contributed by atoms with E-state index >= 15 is 0 Å². The van der Waals surface area contributed by atoms with E-state index in [0.717, 1.165) is 0 Å². The smallest absolute Gasteiger partial charge is 0.0258 e. The Morgan fingerprint density at radius 1 is 1.00 bits per heavy atom. The van der Waals surface area contributed by atoms with Crippen LogP contribution in [-0.2, 0) is 0 Å². The summed E-state index contributed by atoms with van der Waals surface area (Å²) in [6, 6.07) is 0. The number of rotatable bonds is 0. The molecule has 0 atom stereocenters. The maximum Gasteiger partial charge on any atom is 0.0258 e. The molecule has 2 fully saturated rings. The minimum absolute atomic E-state index is 0.486. The normalized spacial score (nSPS) is 29.2. The lowest BCUT2D eigenvalue weighted by Gasteiger charge is -2.44. The lowest BCUT2D eigenvalue weighted by Crippen LogP contribution is -2.48. The zero-order chi connectivity index (χ0) is 8.82. The predicted octanol–water partition coefficient (Wildman–Crippen LogP) is 2.66. The number of nitrogens with zero attached hydrogens (tertiary/aromatic N) is 1.